The van der Waals surface area contributed by atoms with E-state index in [-0.39, 0.29) is 23.2 Å². The van der Waals surface area contributed by atoms with E-state index < -0.39 is 41.5 Å². The number of aliphatic hydroxyl groups excluding tert-OH is 1. The lowest BCUT2D eigenvalue weighted by Gasteiger charge is -2.35. The van der Waals surface area contributed by atoms with Crippen LogP contribution in [0.1, 0.15) is 20.3 Å². The van der Waals surface area contributed by atoms with Gasteiger partial charge in [-0.1, -0.05) is 27.5 Å². The molecule has 0 saturated carbocycles. The number of amides is 3. The number of alkyl halides is 1. The van der Waals surface area contributed by atoms with Crippen molar-refractivity contribution in [2.24, 2.45) is 11.8 Å². The van der Waals surface area contributed by atoms with Gasteiger partial charge in [-0.3, -0.25) is 14.4 Å². The zero-order chi connectivity index (χ0) is 27.2. The van der Waals surface area contributed by atoms with E-state index >= 15 is 0 Å². The molecule has 0 radical (unpaired) electrons. The van der Waals surface area contributed by atoms with Gasteiger partial charge in [-0.15, -0.1) is 0 Å². The molecular formula is C27H29BrClN3O6. The van der Waals surface area contributed by atoms with Crippen molar-refractivity contribution in [3.05, 3.63) is 53.6 Å². The highest BCUT2D eigenvalue weighted by molar-refractivity contribution is 9.09. The predicted molar refractivity (Wildman–Crippen MR) is 145 cm³/mol. The van der Waals surface area contributed by atoms with Gasteiger partial charge in [0.15, 0.2) is 0 Å². The van der Waals surface area contributed by atoms with Crippen LogP contribution in [0.3, 0.4) is 0 Å². The molecule has 3 saturated heterocycles. The zero-order valence-electron chi connectivity index (χ0n) is 20.9. The number of hydrogen-bond acceptors (Lipinski definition) is 6. The molecular weight excluding hydrogens is 578 g/mol. The molecule has 2 aromatic rings. The van der Waals surface area contributed by atoms with Gasteiger partial charge < -0.3 is 30.1 Å². The number of carbonyl (C=O) groups excluding carboxylic acids is 3. The van der Waals surface area contributed by atoms with Crippen molar-refractivity contribution in [2.75, 3.05) is 23.8 Å². The van der Waals surface area contributed by atoms with E-state index in [4.69, 9.17) is 21.1 Å². The average Bonchev–Trinajstić information content (AvgIpc) is 3.49. The van der Waals surface area contributed by atoms with Crippen LogP contribution in [0, 0.1) is 11.8 Å². The van der Waals surface area contributed by atoms with Gasteiger partial charge in [0.2, 0.25) is 17.7 Å². The molecule has 2 aromatic carbocycles. The zero-order valence-corrected chi connectivity index (χ0v) is 23.2. The van der Waals surface area contributed by atoms with Crippen molar-refractivity contribution in [3.63, 3.8) is 0 Å². The summed E-state index contributed by atoms with van der Waals surface area (Å²) in [6.07, 6.45) is -0.224. The summed E-state index contributed by atoms with van der Waals surface area (Å²) in [6, 6.07) is 11.9. The standard InChI is InChI=1S/C27H29BrClN3O6/c1-3-37-18-10-8-17(9-11-18)30-24(34)20-21-26(36)32(14(2)13-33)23(27(21)12-19(28)22(20)38-27)25(35)31-16-6-4-15(29)5-7-16/h4-11,14,19-23,33H,3,12-13H2,1-2H3,(H,30,34)(H,31,35)/t14-,19?,20-,21+,22-,23?,27?/m1/s1. The first-order valence-electron chi connectivity index (χ1n) is 12.5. The summed E-state index contributed by atoms with van der Waals surface area (Å²) in [4.78, 5) is 42.4. The lowest BCUT2D eigenvalue weighted by atomic mass is 9.70. The average molecular weight is 607 g/mol. The largest absolute Gasteiger partial charge is 0.494 e. The van der Waals surface area contributed by atoms with Gasteiger partial charge in [-0.05, 0) is 68.8 Å². The number of halogens is 2. The molecule has 3 N–H and O–H groups in total. The Kier molecular flexibility index (Phi) is 7.43. The summed E-state index contributed by atoms with van der Waals surface area (Å²) in [7, 11) is 0. The second-order valence-electron chi connectivity index (χ2n) is 9.88. The smallest absolute Gasteiger partial charge is 0.250 e. The van der Waals surface area contributed by atoms with Gasteiger partial charge >= 0.3 is 0 Å². The van der Waals surface area contributed by atoms with E-state index in [9.17, 15) is 19.5 Å². The first kappa shape index (κ1) is 26.9. The molecule has 9 nitrogen and oxygen atoms in total. The lowest BCUT2D eigenvalue weighted by molar-refractivity contribution is -0.142. The number of nitrogens with one attached hydrogen (secondary N) is 2. The Morgan fingerprint density at radius 3 is 2.37 bits per heavy atom. The summed E-state index contributed by atoms with van der Waals surface area (Å²) in [5.74, 6) is -2.21. The summed E-state index contributed by atoms with van der Waals surface area (Å²) >= 11 is 9.63. The topological polar surface area (TPSA) is 117 Å². The van der Waals surface area contributed by atoms with E-state index in [1.165, 1.54) is 4.90 Å². The van der Waals surface area contributed by atoms with Crippen molar-refractivity contribution < 1.29 is 29.0 Å². The van der Waals surface area contributed by atoms with E-state index in [0.717, 1.165) is 0 Å². The fourth-order valence-electron chi connectivity index (χ4n) is 6.00. The van der Waals surface area contributed by atoms with Crippen LogP contribution < -0.4 is 15.4 Å². The molecule has 2 bridgehead atoms. The Balaban J connectivity index is 1.46. The quantitative estimate of drug-likeness (QED) is 0.397. The summed E-state index contributed by atoms with van der Waals surface area (Å²) in [5.41, 5.74) is -0.156. The Bertz CT molecular complexity index is 1230. The molecule has 0 aromatic heterocycles. The predicted octanol–water partition coefficient (Wildman–Crippen LogP) is 3.44. The van der Waals surface area contributed by atoms with Crippen LogP contribution in [0.4, 0.5) is 11.4 Å². The molecule has 202 valence electrons. The molecule has 3 heterocycles. The summed E-state index contributed by atoms with van der Waals surface area (Å²) < 4.78 is 11.9. The number of aliphatic hydroxyl groups is 1. The van der Waals surface area contributed by atoms with Crippen LogP contribution in [0.5, 0.6) is 5.75 Å². The number of nitrogens with zero attached hydrogens (tertiary/aromatic N) is 1. The Morgan fingerprint density at radius 2 is 1.76 bits per heavy atom. The van der Waals surface area contributed by atoms with Crippen LogP contribution in [0.2, 0.25) is 5.02 Å². The van der Waals surface area contributed by atoms with Gasteiger partial charge in [0.05, 0.1) is 37.2 Å². The number of rotatable bonds is 8. The molecule has 3 amide bonds. The Hall–Kier alpha value is -2.66. The van der Waals surface area contributed by atoms with Crippen LogP contribution in [0.15, 0.2) is 48.5 Å². The minimum Gasteiger partial charge on any atom is -0.494 e. The van der Waals surface area contributed by atoms with Crippen molar-refractivity contribution in [2.45, 2.75) is 48.9 Å². The summed E-state index contributed by atoms with van der Waals surface area (Å²) in [5, 5.41) is 16.3. The minimum atomic E-state index is -1.23. The SMILES string of the molecule is CCOc1ccc(NC(=O)[C@H]2[C@@H]3OC4(CC3Br)C(C(=O)Nc3ccc(Cl)cc3)N([C@H](C)CO)C(=O)[C@H]24)cc1. The lowest BCUT2D eigenvalue weighted by Crippen LogP contribution is -2.56. The van der Waals surface area contributed by atoms with Crippen molar-refractivity contribution in [1.82, 2.24) is 4.90 Å². The van der Waals surface area contributed by atoms with Gasteiger partial charge in [0, 0.05) is 21.2 Å². The molecule has 11 heteroatoms. The molecule has 3 fully saturated rings. The highest BCUT2D eigenvalue weighted by atomic mass is 79.9. The highest BCUT2D eigenvalue weighted by Crippen LogP contribution is 2.60. The number of fused-ring (bicyclic) bond motifs is 1. The second kappa shape index (κ2) is 10.5. The normalized spacial score (nSPS) is 30.2. The Morgan fingerprint density at radius 1 is 1.16 bits per heavy atom. The maximum atomic E-state index is 13.9. The first-order valence-corrected chi connectivity index (χ1v) is 13.8. The van der Waals surface area contributed by atoms with Gasteiger partial charge in [-0.2, -0.15) is 0 Å². The number of likely N-dealkylation sites (tertiary alicyclic amines) is 1. The third-order valence-corrected chi connectivity index (χ3v) is 8.66. The maximum absolute atomic E-state index is 13.9. The van der Waals surface area contributed by atoms with Crippen molar-refractivity contribution in [3.8, 4) is 5.75 Å². The molecule has 5 rings (SSSR count). The van der Waals surface area contributed by atoms with E-state index in [2.05, 4.69) is 26.6 Å². The molecule has 3 aliphatic rings. The first-order chi connectivity index (χ1) is 18.2. The molecule has 3 aliphatic heterocycles. The molecule has 7 atom stereocenters. The minimum absolute atomic E-state index is 0.238. The molecule has 38 heavy (non-hydrogen) atoms. The third kappa shape index (κ3) is 4.47. The van der Waals surface area contributed by atoms with Crippen LogP contribution in [-0.4, -0.2) is 69.6 Å². The van der Waals surface area contributed by atoms with Gasteiger partial charge in [0.1, 0.15) is 17.4 Å². The number of hydrogen-bond donors (Lipinski definition) is 3. The summed E-state index contributed by atoms with van der Waals surface area (Å²) in [6.45, 7) is 3.75. The van der Waals surface area contributed by atoms with Crippen LogP contribution in [-0.2, 0) is 19.1 Å². The van der Waals surface area contributed by atoms with Crippen molar-refractivity contribution >= 4 is 56.6 Å². The second-order valence-corrected chi connectivity index (χ2v) is 11.5. The number of anilines is 2. The van der Waals surface area contributed by atoms with E-state index in [0.29, 0.717) is 35.2 Å². The fourth-order valence-corrected chi connectivity index (χ4v) is 7.07. The fraction of sp³-hybridized carbons (Fsp3) is 0.444. The van der Waals surface area contributed by atoms with Crippen molar-refractivity contribution in [1.29, 1.82) is 0 Å². The number of ether oxygens (including phenoxy) is 2. The monoisotopic (exact) mass is 605 g/mol. The maximum Gasteiger partial charge on any atom is 0.250 e. The van der Waals surface area contributed by atoms with E-state index in [1.54, 1.807) is 55.5 Å². The van der Waals surface area contributed by atoms with Crippen LogP contribution >= 0.6 is 27.5 Å². The molecule has 3 unspecified atom stereocenters. The third-order valence-electron chi connectivity index (χ3n) is 7.56. The van der Waals surface area contributed by atoms with Gasteiger partial charge in [0.25, 0.3) is 0 Å². The van der Waals surface area contributed by atoms with Crippen LogP contribution in [0.25, 0.3) is 0 Å². The number of carbonyl (C=O) groups is 3. The van der Waals surface area contributed by atoms with E-state index in [1.807, 2.05) is 6.92 Å². The molecule has 1 spiro atoms. The molecule has 0 aliphatic carbocycles. The highest BCUT2D eigenvalue weighted by Gasteiger charge is 2.76. The number of benzene rings is 2. The van der Waals surface area contributed by atoms with Gasteiger partial charge in [-0.25, -0.2) is 0 Å². The Labute approximate surface area is 233 Å².